The van der Waals surface area contributed by atoms with E-state index in [2.05, 4.69) is 9.97 Å². The molecule has 1 N–H and O–H groups in total. The maximum absolute atomic E-state index is 12.9. The predicted octanol–water partition coefficient (Wildman–Crippen LogP) is 3.57. The van der Waals surface area contributed by atoms with Crippen molar-refractivity contribution in [2.75, 3.05) is 16.3 Å². The van der Waals surface area contributed by atoms with Gasteiger partial charge in [-0.05, 0) is 32.0 Å². The fraction of sp³-hybridized carbons (Fsp3) is 0.333. The molecule has 1 aliphatic heterocycles. The van der Waals surface area contributed by atoms with E-state index in [1.807, 2.05) is 0 Å². The van der Waals surface area contributed by atoms with Gasteiger partial charge in [-0.2, -0.15) is 13.2 Å². The Labute approximate surface area is 130 Å². The summed E-state index contributed by atoms with van der Waals surface area (Å²) in [6.45, 7) is 3.94. The Kier molecular flexibility index (Phi) is 3.54. The van der Waals surface area contributed by atoms with E-state index >= 15 is 0 Å². The number of nitrogens with one attached hydrogen (secondary N) is 1. The minimum absolute atomic E-state index is 0.230. The van der Waals surface area contributed by atoms with Crippen LogP contribution in [-0.2, 0) is 6.18 Å². The van der Waals surface area contributed by atoms with Gasteiger partial charge in [0.1, 0.15) is 0 Å². The minimum atomic E-state index is -4.44. The average Bonchev–Trinajstić information content (AvgIpc) is 3.01. The number of amides is 2. The summed E-state index contributed by atoms with van der Waals surface area (Å²) in [6, 6.07) is 4.15. The fourth-order valence-corrected chi connectivity index (χ4v) is 2.74. The molecule has 1 aromatic carbocycles. The molecule has 3 rings (SSSR count). The molecule has 0 saturated carbocycles. The number of aryl methyl sites for hydroxylation is 1. The Hall–Kier alpha value is -2.51. The number of urea groups is 1. The fourth-order valence-electron chi connectivity index (χ4n) is 2.74. The topological polar surface area (TPSA) is 52.2 Å². The highest BCUT2D eigenvalue weighted by Crippen LogP contribution is 2.34. The van der Waals surface area contributed by atoms with Gasteiger partial charge in [0.05, 0.1) is 23.6 Å². The normalized spacial score (nSPS) is 18.8. The molecule has 2 aromatic rings. The summed E-state index contributed by atoms with van der Waals surface area (Å²) in [4.78, 5) is 22.5. The smallest absolute Gasteiger partial charge is 0.347 e. The molecule has 1 unspecified atom stereocenters. The highest BCUT2D eigenvalue weighted by molar-refractivity contribution is 6.06. The number of aromatic amines is 1. The summed E-state index contributed by atoms with van der Waals surface area (Å²) < 4.78 is 38.6. The number of rotatable bonds is 2. The third-order valence-corrected chi connectivity index (χ3v) is 3.84. The van der Waals surface area contributed by atoms with Crippen molar-refractivity contribution in [1.82, 2.24) is 9.97 Å². The predicted molar refractivity (Wildman–Crippen MR) is 79.5 cm³/mol. The van der Waals surface area contributed by atoms with Crippen LogP contribution >= 0.6 is 0 Å². The number of halogens is 3. The summed E-state index contributed by atoms with van der Waals surface area (Å²) in [6.07, 6.45) is -2.96. The molecule has 23 heavy (non-hydrogen) atoms. The van der Waals surface area contributed by atoms with Gasteiger partial charge in [-0.25, -0.2) is 9.78 Å². The molecule has 5 nitrogen and oxygen atoms in total. The van der Waals surface area contributed by atoms with Crippen LogP contribution in [0.4, 0.5) is 29.5 Å². The van der Waals surface area contributed by atoms with Crippen molar-refractivity contribution in [2.45, 2.75) is 26.1 Å². The molecule has 2 heterocycles. The minimum Gasteiger partial charge on any atom is -0.347 e. The summed E-state index contributed by atoms with van der Waals surface area (Å²) in [5.41, 5.74) is 0.189. The Balaban J connectivity index is 1.95. The lowest BCUT2D eigenvalue weighted by molar-refractivity contribution is -0.137. The molecule has 1 aliphatic rings. The van der Waals surface area contributed by atoms with Gasteiger partial charge >= 0.3 is 12.2 Å². The second kappa shape index (κ2) is 5.29. The first-order valence-corrected chi connectivity index (χ1v) is 7.07. The molecule has 1 fully saturated rings. The van der Waals surface area contributed by atoms with Gasteiger partial charge in [0.25, 0.3) is 0 Å². The van der Waals surface area contributed by atoms with Crippen LogP contribution < -0.4 is 9.80 Å². The SMILES string of the molecule is Cc1[nH]cnc1N1CC(C)N(c2cccc(C(F)(F)F)c2)C1=O. The van der Waals surface area contributed by atoms with Crippen LogP contribution in [0.2, 0.25) is 0 Å². The van der Waals surface area contributed by atoms with E-state index < -0.39 is 11.7 Å². The molecule has 1 atom stereocenters. The molecule has 2 amide bonds. The number of hydrogen-bond acceptors (Lipinski definition) is 2. The average molecular weight is 324 g/mol. The van der Waals surface area contributed by atoms with Crippen LogP contribution in [0.1, 0.15) is 18.2 Å². The van der Waals surface area contributed by atoms with Crippen molar-refractivity contribution in [3.63, 3.8) is 0 Å². The third kappa shape index (κ3) is 2.64. The van der Waals surface area contributed by atoms with E-state index in [0.717, 1.165) is 17.8 Å². The second-order valence-electron chi connectivity index (χ2n) is 5.51. The van der Waals surface area contributed by atoms with E-state index in [1.165, 1.54) is 28.3 Å². The van der Waals surface area contributed by atoms with Crippen LogP contribution in [0, 0.1) is 6.92 Å². The number of benzene rings is 1. The number of aromatic nitrogens is 2. The second-order valence-corrected chi connectivity index (χ2v) is 5.51. The number of alkyl halides is 3. The molecule has 0 spiro atoms. The van der Waals surface area contributed by atoms with Crippen LogP contribution in [0.25, 0.3) is 0 Å². The molecule has 0 bridgehead atoms. The quantitative estimate of drug-likeness (QED) is 0.918. The lowest BCUT2D eigenvalue weighted by atomic mass is 10.1. The monoisotopic (exact) mass is 324 g/mol. The Bertz CT molecular complexity index is 740. The summed E-state index contributed by atoms with van der Waals surface area (Å²) in [5, 5.41) is 0. The number of carbonyl (C=O) groups excluding carboxylic acids is 1. The lowest BCUT2D eigenvalue weighted by Gasteiger charge is -2.21. The number of imidazole rings is 1. The van der Waals surface area contributed by atoms with Gasteiger partial charge < -0.3 is 4.98 Å². The summed E-state index contributed by atoms with van der Waals surface area (Å²) >= 11 is 0. The first-order valence-electron chi connectivity index (χ1n) is 7.07. The van der Waals surface area contributed by atoms with Crippen molar-refractivity contribution < 1.29 is 18.0 Å². The van der Waals surface area contributed by atoms with Gasteiger partial charge in [-0.1, -0.05) is 6.07 Å². The number of H-pyrrole nitrogens is 1. The standard InChI is InChI=1S/C15H15F3N4O/c1-9-7-21(13-10(2)19-8-20-13)14(23)22(9)12-5-3-4-11(6-12)15(16,17)18/h3-6,8-9H,7H2,1-2H3,(H,19,20). The van der Waals surface area contributed by atoms with Crippen molar-refractivity contribution in [3.8, 4) is 0 Å². The zero-order chi connectivity index (χ0) is 16.8. The molecule has 0 radical (unpaired) electrons. The molecule has 122 valence electrons. The molecular formula is C15H15F3N4O. The number of carbonyl (C=O) groups is 1. The van der Waals surface area contributed by atoms with Gasteiger partial charge in [-0.3, -0.25) is 9.80 Å². The maximum Gasteiger partial charge on any atom is 0.416 e. The van der Waals surface area contributed by atoms with Gasteiger partial charge in [0.2, 0.25) is 0 Å². The molecule has 1 saturated heterocycles. The van der Waals surface area contributed by atoms with E-state index in [-0.39, 0.29) is 17.8 Å². The van der Waals surface area contributed by atoms with E-state index in [1.54, 1.807) is 13.8 Å². The number of hydrogen-bond donors (Lipinski definition) is 1. The van der Waals surface area contributed by atoms with E-state index in [9.17, 15) is 18.0 Å². The lowest BCUT2D eigenvalue weighted by Crippen LogP contribution is -2.34. The highest BCUT2D eigenvalue weighted by atomic mass is 19.4. The zero-order valence-electron chi connectivity index (χ0n) is 12.6. The first-order chi connectivity index (χ1) is 10.8. The van der Waals surface area contributed by atoms with Crippen LogP contribution in [-0.4, -0.2) is 28.6 Å². The highest BCUT2D eigenvalue weighted by Gasteiger charge is 2.39. The van der Waals surface area contributed by atoms with E-state index in [4.69, 9.17) is 0 Å². The van der Waals surface area contributed by atoms with Crippen molar-refractivity contribution >= 4 is 17.5 Å². The Morgan fingerprint density at radius 2 is 2.09 bits per heavy atom. The van der Waals surface area contributed by atoms with E-state index in [0.29, 0.717) is 12.4 Å². The molecule has 1 aromatic heterocycles. The van der Waals surface area contributed by atoms with Crippen molar-refractivity contribution in [3.05, 3.63) is 41.9 Å². The molecular weight excluding hydrogens is 309 g/mol. The Morgan fingerprint density at radius 3 is 2.70 bits per heavy atom. The van der Waals surface area contributed by atoms with Gasteiger partial charge in [0.15, 0.2) is 5.82 Å². The third-order valence-electron chi connectivity index (χ3n) is 3.84. The van der Waals surface area contributed by atoms with Crippen LogP contribution in [0.15, 0.2) is 30.6 Å². The van der Waals surface area contributed by atoms with Crippen molar-refractivity contribution in [2.24, 2.45) is 0 Å². The molecule has 0 aliphatic carbocycles. The molecule has 8 heteroatoms. The maximum atomic E-state index is 12.9. The zero-order valence-corrected chi connectivity index (χ0v) is 12.6. The van der Waals surface area contributed by atoms with Crippen molar-refractivity contribution in [1.29, 1.82) is 0 Å². The van der Waals surface area contributed by atoms with Gasteiger partial charge in [0, 0.05) is 12.2 Å². The van der Waals surface area contributed by atoms with Crippen LogP contribution in [0.3, 0.4) is 0 Å². The number of anilines is 2. The largest absolute Gasteiger partial charge is 0.416 e. The first kappa shape index (κ1) is 15.4. The summed E-state index contributed by atoms with van der Waals surface area (Å²) in [5.74, 6) is 0.497. The van der Waals surface area contributed by atoms with Gasteiger partial charge in [-0.15, -0.1) is 0 Å². The van der Waals surface area contributed by atoms with Crippen LogP contribution in [0.5, 0.6) is 0 Å². The Morgan fingerprint density at radius 1 is 1.35 bits per heavy atom. The summed E-state index contributed by atoms with van der Waals surface area (Å²) in [7, 11) is 0. The number of nitrogens with zero attached hydrogens (tertiary/aromatic N) is 3.